The molecule has 2 fully saturated rings. The minimum absolute atomic E-state index is 0.729. The van der Waals surface area contributed by atoms with Gasteiger partial charge in [-0.2, -0.15) is 0 Å². The highest BCUT2D eigenvalue weighted by Gasteiger charge is 2.22. The van der Waals surface area contributed by atoms with Crippen LogP contribution in [0.4, 0.5) is 0 Å². The van der Waals surface area contributed by atoms with Crippen molar-refractivity contribution in [1.29, 1.82) is 0 Å². The quantitative estimate of drug-likeness (QED) is 0.608. The van der Waals surface area contributed by atoms with E-state index in [1.165, 1.54) is 49.7 Å². The minimum atomic E-state index is 0.729. The summed E-state index contributed by atoms with van der Waals surface area (Å²) in [5.74, 6) is 6.95. The lowest BCUT2D eigenvalue weighted by Gasteiger charge is -2.11. The Bertz CT molecular complexity index is 742. The van der Waals surface area contributed by atoms with Crippen LogP contribution >= 0.6 is 0 Å². The fourth-order valence-corrected chi connectivity index (χ4v) is 3.49. The normalized spacial score (nSPS) is 16.6. The van der Waals surface area contributed by atoms with Crippen LogP contribution in [0.1, 0.15) is 72.6 Å². The summed E-state index contributed by atoms with van der Waals surface area (Å²) in [4.78, 5) is 0. The molecule has 0 nitrogen and oxygen atoms in total. The lowest BCUT2D eigenvalue weighted by Crippen LogP contribution is -1.95. The first kappa shape index (κ1) is 16.4. The predicted octanol–water partition coefficient (Wildman–Crippen LogP) is 5.87. The molecular formula is C24H24. The van der Waals surface area contributed by atoms with E-state index in [2.05, 4.69) is 36.1 Å². The Morgan fingerprint density at radius 2 is 1.38 bits per heavy atom. The summed E-state index contributed by atoms with van der Waals surface area (Å²) in [6.45, 7) is 0. The third kappa shape index (κ3) is 4.10. The molecule has 2 aliphatic carbocycles. The van der Waals surface area contributed by atoms with Gasteiger partial charge in [0.05, 0.1) is 0 Å². The van der Waals surface area contributed by atoms with E-state index in [-0.39, 0.29) is 0 Å². The third-order valence-corrected chi connectivity index (χ3v) is 5.04. The lowest BCUT2D eigenvalue weighted by molar-refractivity contribution is 0.721. The second kappa shape index (κ2) is 7.90. The van der Waals surface area contributed by atoms with E-state index in [4.69, 9.17) is 12.8 Å². The molecule has 0 amide bonds. The molecule has 0 heterocycles. The molecule has 0 aliphatic heterocycles. The summed E-state index contributed by atoms with van der Waals surface area (Å²) in [5, 5.41) is 0. The molecule has 2 aromatic carbocycles. The van der Waals surface area contributed by atoms with Crippen LogP contribution in [0.3, 0.4) is 0 Å². The molecular weight excluding hydrogens is 288 g/mol. The van der Waals surface area contributed by atoms with Crippen molar-refractivity contribution >= 4 is 0 Å². The first-order valence-corrected chi connectivity index (χ1v) is 8.94. The fraction of sp³-hybridized carbons (Fsp3) is 0.333. The summed E-state index contributed by atoms with van der Waals surface area (Å²) in [6, 6.07) is 16.7. The molecule has 2 saturated carbocycles. The van der Waals surface area contributed by atoms with E-state index in [1.54, 1.807) is 0 Å². The maximum Gasteiger partial charge on any atom is 0.0277 e. The molecule has 24 heavy (non-hydrogen) atoms. The Morgan fingerprint density at radius 1 is 0.708 bits per heavy atom. The predicted molar refractivity (Wildman–Crippen MR) is 102 cm³/mol. The minimum Gasteiger partial charge on any atom is -0.115 e. The van der Waals surface area contributed by atoms with Crippen molar-refractivity contribution in [3.05, 3.63) is 70.8 Å². The molecule has 2 aliphatic rings. The van der Waals surface area contributed by atoms with E-state index >= 15 is 0 Å². The Labute approximate surface area is 146 Å². The van der Waals surface area contributed by atoms with Gasteiger partial charge in [-0.15, -0.1) is 12.8 Å². The standard InChI is InChI=1S/C13H14.C11H10/c1-2-11-7-5-6-10-13(11)12-8-3-4-9-12;1-2-9-3-5-10(6-4-9)11-7-8-11/h1,5-7,10,12H,3-4,8-9H2;1,3-6,11H,7-8H2. The molecule has 0 aromatic heterocycles. The van der Waals surface area contributed by atoms with Crippen molar-refractivity contribution in [1.82, 2.24) is 0 Å². The van der Waals surface area contributed by atoms with Crippen molar-refractivity contribution in [2.45, 2.75) is 50.4 Å². The van der Waals surface area contributed by atoms with Crippen LogP contribution in [0.15, 0.2) is 48.5 Å². The highest BCUT2D eigenvalue weighted by molar-refractivity contribution is 5.42. The maximum absolute atomic E-state index is 5.47. The molecule has 0 saturated heterocycles. The van der Waals surface area contributed by atoms with E-state index in [1.807, 2.05) is 24.3 Å². The number of hydrogen-bond acceptors (Lipinski definition) is 0. The van der Waals surface area contributed by atoms with Gasteiger partial charge >= 0.3 is 0 Å². The van der Waals surface area contributed by atoms with Crippen molar-refractivity contribution in [2.75, 3.05) is 0 Å². The first-order chi connectivity index (χ1) is 11.8. The van der Waals surface area contributed by atoms with Crippen LogP contribution in [0.25, 0.3) is 0 Å². The lowest BCUT2D eigenvalue weighted by atomic mass is 9.93. The van der Waals surface area contributed by atoms with Gasteiger partial charge in [0.25, 0.3) is 0 Å². The van der Waals surface area contributed by atoms with Crippen molar-refractivity contribution in [2.24, 2.45) is 0 Å². The molecule has 0 N–H and O–H groups in total. The van der Waals surface area contributed by atoms with Gasteiger partial charge in [0.2, 0.25) is 0 Å². The second-order valence-corrected chi connectivity index (χ2v) is 6.75. The average molecular weight is 312 g/mol. The Morgan fingerprint density at radius 3 is 1.96 bits per heavy atom. The molecule has 0 bridgehead atoms. The molecule has 0 atom stereocenters. The van der Waals surface area contributed by atoms with E-state index in [9.17, 15) is 0 Å². The highest BCUT2D eigenvalue weighted by atomic mass is 14.3. The van der Waals surface area contributed by atoms with Gasteiger partial charge in [0.1, 0.15) is 0 Å². The zero-order chi connectivity index (χ0) is 16.8. The molecule has 0 spiro atoms. The van der Waals surface area contributed by atoms with Crippen molar-refractivity contribution in [3.63, 3.8) is 0 Å². The van der Waals surface area contributed by atoms with Gasteiger partial charge in [0.15, 0.2) is 0 Å². The Balaban J connectivity index is 0.000000143. The third-order valence-electron chi connectivity index (χ3n) is 5.04. The van der Waals surface area contributed by atoms with E-state index in [0.717, 1.165) is 23.0 Å². The molecule has 0 radical (unpaired) electrons. The van der Waals surface area contributed by atoms with Gasteiger partial charge < -0.3 is 0 Å². The Kier molecular flexibility index (Phi) is 5.40. The second-order valence-electron chi connectivity index (χ2n) is 6.75. The maximum atomic E-state index is 5.47. The van der Waals surface area contributed by atoms with Crippen LogP contribution in [-0.2, 0) is 0 Å². The molecule has 120 valence electrons. The molecule has 2 aromatic rings. The van der Waals surface area contributed by atoms with Gasteiger partial charge in [-0.1, -0.05) is 55.0 Å². The summed E-state index contributed by atoms with van der Waals surface area (Å²) >= 11 is 0. The average Bonchev–Trinajstić information content (AvgIpc) is 3.36. The summed E-state index contributed by atoms with van der Waals surface area (Å²) in [6.07, 6.45) is 18.8. The highest BCUT2D eigenvalue weighted by Crippen LogP contribution is 2.39. The molecule has 0 heteroatoms. The van der Waals surface area contributed by atoms with E-state index in [0.29, 0.717) is 0 Å². The first-order valence-electron chi connectivity index (χ1n) is 8.94. The van der Waals surface area contributed by atoms with Crippen LogP contribution in [0, 0.1) is 24.7 Å². The van der Waals surface area contributed by atoms with Gasteiger partial charge in [0, 0.05) is 11.1 Å². The van der Waals surface area contributed by atoms with Crippen LogP contribution in [0.5, 0.6) is 0 Å². The number of benzene rings is 2. The number of hydrogen-bond donors (Lipinski definition) is 0. The summed E-state index contributed by atoms with van der Waals surface area (Å²) < 4.78 is 0. The monoisotopic (exact) mass is 312 g/mol. The summed E-state index contributed by atoms with van der Waals surface area (Å²) in [7, 11) is 0. The van der Waals surface area contributed by atoms with Crippen molar-refractivity contribution < 1.29 is 0 Å². The molecule has 4 rings (SSSR count). The van der Waals surface area contributed by atoms with Crippen LogP contribution < -0.4 is 0 Å². The Hall–Kier alpha value is -2.44. The summed E-state index contributed by atoms with van der Waals surface area (Å²) in [5.41, 5.74) is 4.91. The van der Waals surface area contributed by atoms with Gasteiger partial charge in [-0.3, -0.25) is 0 Å². The van der Waals surface area contributed by atoms with Crippen LogP contribution in [0.2, 0.25) is 0 Å². The smallest absolute Gasteiger partial charge is 0.0277 e. The topological polar surface area (TPSA) is 0 Å². The van der Waals surface area contributed by atoms with Gasteiger partial charge in [-0.05, 0) is 66.8 Å². The van der Waals surface area contributed by atoms with Crippen LogP contribution in [-0.4, -0.2) is 0 Å². The SMILES string of the molecule is C#Cc1ccc(C2CC2)cc1.C#Cc1ccccc1C1CCCC1. The fourth-order valence-electron chi connectivity index (χ4n) is 3.49. The number of terminal acetylenes is 2. The molecule has 0 unspecified atom stereocenters. The van der Waals surface area contributed by atoms with E-state index < -0.39 is 0 Å². The van der Waals surface area contributed by atoms with Crippen molar-refractivity contribution in [3.8, 4) is 24.7 Å². The van der Waals surface area contributed by atoms with Gasteiger partial charge in [-0.25, -0.2) is 0 Å². The zero-order valence-electron chi connectivity index (χ0n) is 14.2. The number of rotatable bonds is 2. The largest absolute Gasteiger partial charge is 0.115 e. The zero-order valence-corrected chi connectivity index (χ0v) is 14.2.